The summed E-state index contributed by atoms with van der Waals surface area (Å²) >= 11 is 0. The molecule has 0 spiro atoms. The van der Waals surface area contributed by atoms with E-state index < -0.39 is 0 Å². The summed E-state index contributed by atoms with van der Waals surface area (Å²) in [5, 5.41) is 10.1. The largest absolute Gasteiger partial charge is 0.308 e. The highest BCUT2D eigenvalue weighted by atomic mass is 15.3. The number of fused-ring (bicyclic) bond motifs is 1. The van der Waals surface area contributed by atoms with Crippen LogP contribution >= 0.6 is 0 Å². The van der Waals surface area contributed by atoms with Gasteiger partial charge in [-0.3, -0.25) is 14.5 Å². The lowest BCUT2D eigenvalue weighted by atomic mass is 10.2. The average Bonchev–Trinajstić information content (AvgIpc) is 3.52. The highest BCUT2D eigenvalue weighted by Gasteiger charge is 2.19. The third-order valence-corrected chi connectivity index (χ3v) is 5.77. The molecule has 7 heteroatoms. The van der Waals surface area contributed by atoms with Crippen LogP contribution in [0.3, 0.4) is 0 Å². The molecule has 6 rings (SSSR count). The Hall–Kier alpha value is -4.91. The molecule has 0 amide bonds. The minimum Gasteiger partial charge on any atom is -0.308 e. The maximum absolute atomic E-state index is 4.85. The molecule has 0 aliphatic heterocycles. The molecule has 0 fully saturated rings. The minimum atomic E-state index is 0.616. The van der Waals surface area contributed by atoms with Gasteiger partial charge in [0.25, 0.3) is 0 Å². The molecule has 0 aliphatic carbocycles. The smallest absolute Gasteiger partial charge is 0.188 e. The summed E-state index contributed by atoms with van der Waals surface area (Å²) < 4.78 is 4.13. The molecule has 35 heavy (non-hydrogen) atoms. The van der Waals surface area contributed by atoms with Crippen LogP contribution in [0, 0.1) is 0 Å². The number of rotatable bonds is 5. The topological polar surface area (TPSA) is 74.3 Å². The van der Waals surface area contributed by atoms with Crippen molar-refractivity contribution < 1.29 is 0 Å². The lowest BCUT2D eigenvalue weighted by Crippen LogP contribution is -2.05. The van der Waals surface area contributed by atoms with E-state index in [1.807, 2.05) is 60.2 Å². The van der Waals surface area contributed by atoms with E-state index >= 15 is 0 Å². The van der Waals surface area contributed by atoms with Crippen molar-refractivity contribution in [2.75, 3.05) is 0 Å². The number of aromatic nitrogens is 7. The zero-order valence-corrected chi connectivity index (χ0v) is 19.0. The molecule has 5 aromatic heterocycles. The van der Waals surface area contributed by atoms with Crippen LogP contribution in [0.2, 0.25) is 0 Å². The molecule has 0 unspecified atom stereocenters. The Labute approximate surface area is 202 Å². The predicted octanol–water partition coefficient (Wildman–Crippen LogP) is 5.76. The van der Waals surface area contributed by atoms with Gasteiger partial charge in [-0.25, -0.2) is 4.98 Å². The lowest BCUT2D eigenvalue weighted by Gasteiger charge is -2.12. The summed E-state index contributed by atoms with van der Waals surface area (Å²) in [7, 11) is 0. The fourth-order valence-electron chi connectivity index (χ4n) is 4.24. The van der Waals surface area contributed by atoms with Gasteiger partial charge in [0.05, 0.1) is 17.4 Å². The van der Waals surface area contributed by atoms with Gasteiger partial charge in [-0.2, -0.15) is 0 Å². The van der Waals surface area contributed by atoms with Crippen LogP contribution in [0.4, 0.5) is 0 Å². The summed E-state index contributed by atoms with van der Waals surface area (Å²) in [4.78, 5) is 13.6. The van der Waals surface area contributed by atoms with Crippen LogP contribution in [0.1, 0.15) is 12.6 Å². The molecule has 7 nitrogen and oxygen atoms in total. The van der Waals surface area contributed by atoms with E-state index in [4.69, 9.17) is 4.98 Å². The molecule has 0 N–H and O–H groups in total. The van der Waals surface area contributed by atoms with Crippen LogP contribution < -0.4 is 0 Å². The van der Waals surface area contributed by atoms with Crippen molar-refractivity contribution in [3.63, 3.8) is 0 Å². The molecule has 6 aromatic rings. The Balaban J connectivity index is 1.51. The van der Waals surface area contributed by atoms with E-state index in [0.29, 0.717) is 23.2 Å². The number of hydrogen-bond acceptors (Lipinski definition) is 5. The SMILES string of the molecule is CC=Cc1cc2ccccc2n1-c1ccc(-n2c(-c3cccnc3)nnc2-c2ccccn2)nc1. The van der Waals surface area contributed by atoms with Crippen molar-refractivity contribution in [2.24, 2.45) is 0 Å². The number of allylic oxidation sites excluding steroid dienone is 1. The van der Waals surface area contributed by atoms with Crippen LogP contribution in [0.25, 0.3) is 51.4 Å². The van der Waals surface area contributed by atoms with Crippen molar-refractivity contribution in [1.29, 1.82) is 0 Å². The highest BCUT2D eigenvalue weighted by Crippen LogP contribution is 2.28. The van der Waals surface area contributed by atoms with Gasteiger partial charge in [-0.05, 0) is 61.5 Å². The van der Waals surface area contributed by atoms with Crippen molar-refractivity contribution in [3.05, 3.63) is 109 Å². The fourth-order valence-corrected chi connectivity index (χ4v) is 4.24. The Kier molecular flexibility index (Phi) is 5.20. The van der Waals surface area contributed by atoms with Crippen molar-refractivity contribution >= 4 is 17.0 Å². The molecule has 0 saturated carbocycles. The van der Waals surface area contributed by atoms with Gasteiger partial charge in [0, 0.05) is 35.2 Å². The first-order valence-corrected chi connectivity index (χ1v) is 11.3. The summed E-state index contributed by atoms with van der Waals surface area (Å²) in [6.07, 6.45) is 11.3. The molecule has 0 radical (unpaired) electrons. The molecular formula is C28H21N7. The second-order valence-corrected chi connectivity index (χ2v) is 7.98. The van der Waals surface area contributed by atoms with Gasteiger partial charge in [0.1, 0.15) is 11.5 Å². The maximum atomic E-state index is 4.85. The molecule has 168 valence electrons. The Morgan fingerprint density at radius 3 is 2.40 bits per heavy atom. The number of para-hydroxylation sites is 1. The Bertz CT molecular complexity index is 1570. The summed E-state index contributed by atoms with van der Waals surface area (Å²) in [5.74, 6) is 1.97. The van der Waals surface area contributed by atoms with Crippen molar-refractivity contribution in [1.82, 2.24) is 34.3 Å². The number of hydrogen-bond donors (Lipinski definition) is 0. The zero-order valence-electron chi connectivity index (χ0n) is 19.0. The number of pyridine rings is 3. The Morgan fingerprint density at radius 1 is 0.743 bits per heavy atom. The van der Waals surface area contributed by atoms with Gasteiger partial charge in [-0.15, -0.1) is 10.2 Å². The Morgan fingerprint density at radius 2 is 1.63 bits per heavy atom. The predicted molar refractivity (Wildman–Crippen MR) is 137 cm³/mol. The van der Waals surface area contributed by atoms with E-state index in [1.54, 1.807) is 18.6 Å². The minimum absolute atomic E-state index is 0.616. The third kappa shape index (κ3) is 3.69. The van der Waals surface area contributed by atoms with E-state index in [-0.39, 0.29) is 0 Å². The quantitative estimate of drug-likeness (QED) is 0.330. The second-order valence-electron chi connectivity index (χ2n) is 7.98. The summed E-state index contributed by atoms with van der Waals surface area (Å²) in [5.41, 5.74) is 4.76. The lowest BCUT2D eigenvalue weighted by molar-refractivity contribution is 0.982. The molecule has 1 aromatic carbocycles. The van der Waals surface area contributed by atoms with Crippen LogP contribution in [0.5, 0.6) is 0 Å². The monoisotopic (exact) mass is 455 g/mol. The summed E-state index contributed by atoms with van der Waals surface area (Å²) in [6.45, 7) is 2.02. The third-order valence-electron chi connectivity index (χ3n) is 5.77. The number of nitrogens with zero attached hydrogens (tertiary/aromatic N) is 7. The molecule has 0 saturated heterocycles. The normalized spacial score (nSPS) is 11.5. The fraction of sp³-hybridized carbons (Fsp3) is 0.0357. The van der Waals surface area contributed by atoms with E-state index in [1.165, 1.54) is 5.39 Å². The van der Waals surface area contributed by atoms with Crippen LogP contribution in [-0.4, -0.2) is 34.3 Å². The first kappa shape index (κ1) is 20.7. The highest BCUT2D eigenvalue weighted by molar-refractivity contribution is 5.85. The first-order valence-electron chi connectivity index (χ1n) is 11.3. The van der Waals surface area contributed by atoms with Crippen molar-refractivity contribution in [2.45, 2.75) is 6.92 Å². The van der Waals surface area contributed by atoms with Gasteiger partial charge >= 0.3 is 0 Å². The second kappa shape index (κ2) is 8.79. The number of benzene rings is 1. The van der Waals surface area contributed by atoms with E-state index in [0.717, 1.165) is 22.5 Å². The maximum Gasteiger partial charge on any atom is 0.188 e. The van der Waals surface area contributed by atoms with E-state index in [9.17, 15) is 0 Å². The first-order chi connectivity index (χ1) is 17.3. The van der Waals surface area contributed by atoms with Crippen LogP contribution in [0.15, 0.2) is 104 Å². The average molecular weight is 456 g/mol. The molecule has 0 aliphatic rings. The molecule has 0 bridgehead atoms. The van der Waals surface area contributed by atoms with Crippen LogP contribution in [-0.2, 0) is 0 Å². The van der Waals surface area contributed by atoms with Gasteiger partial charge < -0.3 is 4.57 Å². The van der Waals surface area contributed by atoms with E-state index in [2.05, 4.69) is 67.2 Å². The standard InChI is InChI=1S/C28H21N7/c1-2-8-22-17-20-9-3-4-12-25(20)34(22)23-13-14-26(31-19-23)35-27(21-10-7-15-29-18-21)32-33-28(35)24-11-5-6-16-30-24/h2-19H,1H3. The summed E-state index contributed by atoms with van der Waals surface area (Å²) in [6, 6.07) is 24.1. The molecule has 0 atom stereocenters. The van der Waals surface area contributed by atoms with Gasteiger partial charge in [-0.1, -0.05) is 30.3 Å². The molecule has 5 heterocycles. The zero-order chi connectivity index (χ0) is 23.6. The molecular weight excluding hydrogens is 434 g/mol. The van der Waals surface area contributed by atoms with Crippen molar-refractivity contribution in [3.8, 4) is 34.4 Å². The van der Waals surface area contributed by atoms with Gasteiger partial charge in [0.2, 0.25) is 0 Å². The van der Waals surface area contributed by atoms with Gasteiger partial charge in [0.15, 0.2) is 11.6 Å².